The fraction of sp³-hybridized carbons (Fsp3) is 0.618. The van der Waals surface area contributed by atoms with E-state index < -0.39 is 24.5 Å². The Hall–Kier alpha value is -2.33. The molecule has 0 radical (unpaired) electrons. The van der Waals surface area contributed by atoms with Crippen molar-refractivity contribution in [1.29, 1.82) is 0 Å². The van der Waals surface area contributed by atoms with E-state index in [0.717, 1.165) is 38.0 Å². The molecule has 0 amide bonds. The van der Waals surface area contributed by atoms with Crippen molar-refractivity contribution in [3.05, 3.63) is 63.7 Å². The number of carbonyl (C=O) groups is 1. The quantitative estimate of drug-likeness (QED) is 0.238. The number of methoxy groups -OCH3 is 1. The van der Waals surface area contributed by atoms with Crippen LogP contribution in [0.5, 0.6) is 5.75 Å². The molecule has 4 rings (SSSR count). The lowest BCUT2D eigenvalue weighted by atomic mass is 9.79. The van der Waals surface area contributed by atoms with Gasteiger partial charge in [0, 0.05) is 10.6 Å². The average Bonchev–Trinajstić information content (AvgIpc) is 2.98. The zero-order valence-electron chi connectivity index (χ0n) is 26.0. The van der Waals surface area contributed by atoms with E-state index in [1.807, 2.05) is 36.2 Å². The van der Waals surface area contributed by atoms with Crippen LogP contribution in [0.2, 0.25) is 5.02 Å². The van der Waals surface area contributed by atoms with E-state index in [1.54, 1.807) is 19.2 Å². The van der Waals surface area contributed by atoms with E-state index in [2.05, 4.69) is 16.6 Å². The van der Waals surface area contributed by atoms with Gasteiger partial charge in [-0.05, 0) is 138 Å². The summed E-state index contributed by atoms with van der Waals surface area (Å²) in [6.07, 6.45) is 1.29. The van der Waals surface area contributed by atoms with Crippen molar-refractivity contribution in [1.82, 2.24) is 9.80 Å². The Bertz CT molecular complexity index is 1230. The molecule has 44 heavy (non-hydrogen) atoms. The Kier molecular flexibility index (Phi) is 12.4. The average molecular weight is 639 g/mol. The van der Waals surface area contributed by atoms with E-state index in [0.29, 0.717) is 35.7 Å². The van der Waals surface area contributed by atoms with Crippen molar-refractivity contribution in [2.45, 2.75) is 95.1 Å². The summed E-state index contributed by atoms with van der Waals surface area (Å²) in [5.74, 6) is -0.326. The molecule has 1 saturated carbocycles. The van der Waals surface area contributed by atoms with Gasteiger partial charge in [-0.3, -0.25) is 14.4 Å². The highest BCUT2D eigenvalue weighted by Gasteiger charge is 2.38. The molecule has 2 aromatic carbocycles. The Balaban J connectivity index is 1.54. The molecule has 10 heteroatoms. The zero-order chi connectivity index (χ0) is 31.9. The lowest BCUT2D eigenvalue weighted by Crippen LogP contribution is -2.34. The minimum absolute atomic E-state index is 0.129. The normalized spacial score (nSPS) is 21.3. The summed E-state index contributed by atoms with van der Waals surface area (Å²) in [4.78, 5) is 17.3. The molecule has 2 aliphatic rings. The number of ether oxygens (including phenoxy) is 2. The first kappa shape index (κ1) is 34.5. The topological polar surface area (TPSA) is 62.2 Å². The molecule has 1 saturated heterocycles. The van der Waals surface area contributed by atoms with Crippen LogP contribution in [0.15, 0.2) is 36.4 Å². The molecule has 1 aliphatic heterocycles. The monoisotopic (exact) mass is 638 g/mol. The summed E-state index contributed by atoms with van der Waals surface area (Å²) in [5.41, 5.74) is 3.78. The highest BCUT2D eigenvalue weighted by atomic mass is 35.5. The lowest BCUT2D eigenvalue weighted by molar-refractivity contribution is -0.345. The predicted octanol–water partition coefficient (Wildman–Crippen LogP) is 8.33. The molecule has 1 heterocycles. The molecule has 0 spiro atoms. The number of aryl methyl sites for hydroxylation is 1. The standard InChI is InChI=1S/C34H46ClF3N2O4/c1-23-10-13-26(35)22-29(23)24(17-21-40-18-5-4-6-19-40)16-20-39(2)32(33(41)42)28-8-7-9-30(43-3)31(28)25-11-14-27(15-12-25)44-34(36,37)38/h7-10,13,22,24-25,27,32H,4-6,11-12,14-21H2,1-3H3,(H,41,42)/t24-,25?,27?,32-/m1/s1. The molecular formula is C34H46ClF3N2O4. The first-order valence-electron chi connectivity index (χ1n) is 15.8. The maximum Gasteiger partial charge on any atom is 0.522 e. The highest BCUT2D eigenvalue weighted by Crippen LogP contribution is 2.44. The molecule has 0 bridgehead atoms. The summed E-state index contributed by atoms with van der Waals surface area (Å²) in [5, 5.41) is 11.2. The molecule has 6 nitrogen and oxygen atoms in total. The second-order valence-corrected chi connectivity index (χ2v) is 12.8. The fourth-order valence-electron chi connectivity index (χ4n) is 7.15. The Morgan fingerprint density at radius 1 is 1.07 bits per heavy atom. The number of aliphatic carboxylic acids is 1. The van der Waals surface area contributed by atoms with Crippen LogP contribution >= 0.6 is 11.6 Å². The van der Waals surface area contributed by atoms with Crippen LogP contribution in [0.3, 0.4) is 0 Å². The smallest absolute Gasteiger partial charge is 0.496 e. The number of likely N-dealkylation sites (N-methyl/N-ethyl adjacent to an activating group) is 1. The van der Waals surface area contributed by atoms with Crippen molar-refractivity contribution in [2.24, 2.45) is 0 Å². The third-order valence-electron chi connectivity index (χ3n) is 9.43. The minimum Gasteiger partial charge on any atom is -0.496 e. The second-order valence-electron chi connectivity index (χ2n) is 12.4. The maximum absolute atomic E-state index is 12.9. The Morgan fingerprint density at radius 3 is 2.41 bits per heavy atom. The summed E-state index contributed by atoms with van der Waals surface area (Å²) >= 11 is 6.43. The van der Waals surface area contributed by atoms with Gasteiger partial charge in [0.2, 0.25) is 0 Å². The van der Waals surface area contributed by atoms with Gasteiger partial charge >= 0.3 is 12.3 Å². The Morgan fingerprint density at radius 2 is 1.77 bits per heavy atom. The van der Waals surface area contributed by atoms with Gasteiger partial charge in [0.25, 0.3) is 0 Å². The lowest BCUT2D eigenvalue weighted by Gasteiger charge is -2.34. The van der Waals surface area contributed by atoms with Gasteiger partial charge in [-0.1, -0.05) is 36.2 Å². The number of alkyl halides is 3. The number of hydrogen-bond donors (Lipinski definition) is 1. The van der Waals surface area contributed by atoms with Crippen LogP contribution in [-0.4, -0.2) is 73.7 Å². The summed E-state index contributed by atoms with van der Waals surface area (Å²) < 4.78 is 48.5. The molecular weight excluding hydrogens is 593 g/mol. The first-order valence-corrected chi connectivity index (χ1v) is 16.2. The molecule has 0 aromatic heterocycles. The maximum atomic E-state index is 12.9. The molecule has 0 unspecified atom stereocenters. The molecule has 1 aliphatic carbocycles. The Labute approximate surface area is 264 Å². The van der Waals surface area contributed by atoms with Crippen molar-refractivity contribution in [3.8, 4) is 5.75 Å². The molecule has 2 aromatic rings. The van der Waals surface area contributed by atoms with Gasteiger partial charge in [0.05, 0.1) is 13.2 Å². The van der Waals surface area contributed by atoms with Gasteiger partial charge in [-0.25, -0.2) is 0 Å². The van der Waals surface area contributed by atoms with E-state index in [4.69, 9.17) is 16.3 Å². The molecule has 244 valence electrons. The number of halogens is 4. The van der Waals surface area contributed by atoms with Gasteiger partial charge < -0.3 is 14.7 Å². The molecule has 2 atom stereocenters. The van der Waals surface area contributed by atoms with Gasteiger partial charge in [0.15, 0.2) is 0 Å². The zero-order valence-corrected chi connectivity index (χ0v) is 26.8. The van der Waals surface area contributed by atoms with E-state index >= 15 is 0 Å². The van der Waals surface area contributed by atoms with Crippen molar-refractivity contribution >= 4 is 17.6 Å². The van der Waals surface area contributed by atoms with Gasteiger partial charge in [0.1, 0.15) is 11.8 Å². The molecule has 1 N–H and O–H groups in total. The van der Waals surface area contributed by atoms with Crippen molar-refractivity contribution < 1.29 is 32.5 Å². The van der Waals surface area contributed by atoms with Crippen LogP contribution < -0.4 is 4.74 Å². The fourth-order valence-corrected chi connectivity index (χ4v) is 7.33. The van der Waals surface area contributed by atoms with Crippen molar-refractivity contribution in [2.75, 3.05) is 40.3 Å². The number of benzene rings is 2. The third-order valence-corrected chi connectivity index (χ3v) is 9.66. The summed E-state index contributed by atoms with van der Waals surface area (Å²) in [7, 11) is 3.38. The summed E-state index contributed by atoms with van der Waals surface area (Å²) in [6.45, 7) is 5.86. The minimum atomic E-state index is -4.67. The van der Waals surface area contributed by atoms with Crippen LogP contribution in [0.25, 0.3) is 0 Å². The molecule has 2 fully saturated rings. The van der Waals surface area contributed by atoms with Gasteiger partial charge in [-0.15, -0.1) is 13.2 Å². The van der Waals surface area contributed by atoms with Crippen molar-refractivity contribution in [3.63, 3.8) is 0 Å². The number of likely N-dealkylation sites (tertiary alicyclic amines) is 1. The number of nitrogens with zero attached hydrogens (tertiary/aromatic N) is 2. The van der Waals surface area contributed by atoms with E-state index in [1.165, 1.54) is 30.4 Å². The SMILES string of the molecule is COc1cccc([C@H](C(=O)O)N(C)CC[C@H](CCN2CCCCC2)c2cc(Cl)ccc2C)c1C1CCC(OC(F)(F)F)CC1. The third kappa shape index (κ3) is 9.35. The van der Waals surface area contributed by atoms with Crippen LogP contribution in [0.1, 0.15) is 97.9 Å². The largest absolute Gasteiger partial charge is 0.522 e. The number of hydrogen-bond acceptors (Lipinski definition) is 5. The van der Waals surface area contributed by atoms with Crippen LogP contribution in [0.4, 0.5) is 13.2 Å². The van der Waals surface area contributed by atoms with E-state index in [-0.39, 0.29) is 24.7 Å². The highest BCUT2D eigenvalue weighted by molar-refractivity contribution is 6.30. The number of carboxylic acids is 1. The van der Waals surface area contributed by atoms with Gasteiger partial charge in [-0.2, -0.15) is 0 Å². The number of rotatable bonds is 13. The summed E-state index contributed by atoms with van der Waals surface area (Å²) in [6, 6.07) is 10.5. The number of piperidine rings is 1. The second kappa shape index (κ2) is 15.8. The van der Waals surface area contributed by atoms with Crippen LogP contribution in [-0.2, 0) is 9.53 Å². The first-order chi connectivity index (χ1) is 21.0. The van der Waals surface area contributed by atoms with E-state index in [9.17, 15) is 23.1 Å². The predicted molar refractivity (Wildman–Crippen MR) is 167 cm³/mol. The van der Waals surface area contributed by atoms with Crippen LogP contribution in [0, 0.1) is 6.92 Å². The number of carboxylic acid groups (broad SMARTS) is 1.